The van der Waals surface area contributed by atoms with Crippen LogP contribution in [0.3, 0.4) is 0 Å². The van der Waals surface area contributed by atoms with Crippen LogP contribution < -0.4 is 19.8 Å². The van der Waals surface area contributed by atoms with E-state index in [0.29, 0.717) is 22.7 Å². The van der Waals surface area contributed by atoms with Crippen molar-refractivity contribution >= 4 is 58.2 Å². The number of esters is 1. The molecule has 3 heterocycles. The average Bonchev–Trinajstić information content (AvgIpc) is 3.84. The number of thiazole rings is 1. The van der Waals surface area contributed by atoms with Crippen LogP contribution in [-0.4, -0.2) is 47.1 Å². The maximum Gasteiger partial charge on any atom is 0.338 e. The number of imide groups is 1. The number of hydrogen-bond acceptors (Lipinski definition) is 9. The fourth-order valence-corrected chi connectivity index (χ4v) is 11.3. The molecule has 49 heavy (non-hydrogen) atoms. The molecule has 3 fully saturated rings. The Hall–Kier alpha value is -4.68. The molecule has 3 amide bonds. The van der Waals surface area contributed by atoms with Gasteiger partial charge in [-0.25, -0.2) is 4.79 Å². The zero-order valence-corrected chi connectivity index (χ0v) is 28.3. The van der Waals surface area contributed by atoms with Crippen molar-refractivity contribution in [1.82, 2.24) is 4.98 Å². The lowest BCUT2D eigenvalue weighted by Crippen LogP contribution is -2.42. The average molecular weight is 696 g/mol. The molecule has 0 spiro atoms. The topological polar surface area (TPSA) is 135 Å². The summed E-state index contributed by atoms with van der Waals surface area (Å²) < 4.78 is 11.3. The Morgan fingerprint density at radius 1 is 0.939 bits per heavy atom. The number of amides is 3. The van der Waals surface area contributed by atoms with Gasteiger partial charge in [0.25, 0.3) is 5.91 Å². The number of aryl methyl sites for hydroxylation is 1. The SMILES string of the molecule is CCOC(=O)c1ccc(N2C(=O)C3C(C2=O)[C@@H]2C[C@H]3C3Sc4[nH]c(=O)sc4[C@H](c4ccccc4OCC(=O)Nc4ccc(C)cc4)C32)cc1. The van der Waals surface area contributed by atoms with Crippen LogP contribution >= 0.6 is 23.1 Å². The molecule has 4 aliphatic rings. The molecule has 3 aromatic carbocycles. The molecule has 2 saturated carbocycles. The third kappa shape index (κ3) is 5.28. The maximum atomic E-state index is 14.2. The molecule has 12 heteroatoms. The summed E-state index contributed by atoms with van der Waals surface area (Å²) in [4.78, 5) is 71.1. The molecule has 10 nitrogen and oxygen atoms in total. The first-order valence-electron chi connectivity index (χ1n) is 16.4. The smallest absolute Gasteiger partial charge is 0.338 e. The largest absolute Gasteiger partial charge is 0.483 e. The van der Waals surface area contributed by atoms with Gasteiger partial charge in [0.2, 0.25) is 11.8 Å². The molecule has 0 radical (unpaired) electrons. The summed E-state index contributed by atoms with van der Waals surface area (Å²) in [7, 11) is 0. The van der Waals surface area contributed by atoms with E-state index in [2.05, 4.69) is 10.3 Å². The lowest BCUT2D eigenvalue weighted by molar-refractivity contribution is -0.123. The van der Waals surface area contributed by atoms with Crippen molar-refractivity contribution in [2.45, 2.75) is 36.5 Å². The van der Waals surface area contributed by atoms with Crippen LogP contribution in [-0.2, 0) is 19.1 Å². The van der Waals surface area contributed by atoms with Crippen LogP contribution in [0.5, 0.6) is 5.75 Å². The van der Waals surface area contributed by atoms with Gasteiger partial charge < -0.3 is 19.8 Å². The van der Waals surface area contributed by atoms with Crippen molar-refractivity contribution in [2.75, 3.05) is 23.4 Å². The molecule has 2 bridgehead atoms. The molecular weight excluding hydrogens is 663 g/mol. The zero-order chi connectivity index (χ0) is 34.0. The van der Waals surface area contributed by atoms with E-state index in [9.17, 15) is 24.0 Å². The summed E-state index contributed by atoms with van der Waals surface area (Å²) in [5.41, 5.74) is 3.41. The number of carbonyl (C=O) groups is 4. The number of rotatable bonds is 8. The van der Waals surface area contributed by atoms with Gasteiger partial charge in [-0.15, -0.1) is 11.8 Å². The number of ether oxygens (including phenoxy) is 2. The van der Waals surface area contributed by atoms with Crippen LogP contribution in [0.1, 0.15) is 45.6 Å². The third-order valence-corrected chi connectivity index (χ3v) is 12.9. The first kappa shape index (κ1) is 31.6. The highest BCUT2D eigenvalue weighted by Crippen LogP contribution is 2.69. The Morgan fingerprint density at radius 2 is 1.65 bits per heavy atom. The number of H-pyrrole nitrogens is 1. The zero-order valence-electron chi connectivity index (χ0n) is 26.7. The van der Waals surface area contributed by atoms with E-state index in [1.165, 1.54) is 16.2 Å². The van der Waals surface area contributed by atoms with Crippen LogP contribution in [0.2, 0.25) is 0 Å². The number of nitrogens with one attached hydrogen (secondary N) is 2. The maximum absolute atomic E-state index is 14.2. The van der Waals surface area contributed by atoms with Gasteiger partial charge in [-0.1, -0.05) is 47.2 Å². The number of carbonyl (C=O) groups excluding carboxylic acids is 4. The second-order valence-electron chi connectivity index (χ2n) is 13.0. The van der Waals surface area contributed by atoms with Crippen molar-refractivity contribution in [3.8, 4) is 5.75 Å². The highest BCUT2D eigenvalue weighted by molar-refractivity contribution is 8.00. The fourth-order valence-electron chi connectivity index (χ4n) is 8.43. The second kappa shape index (κ2) is 12.3. The predicted molar refractivity (Wildman–Crippen MR) is 185 cm³/mol. The summed E-state index contributed by atoms with van der Waals surface area (Å²) >= 11 is 2.78. The number of aromatic nitrogens is 1. The number of para-hydroxylation sites is 1. The quantitative estimate of drug-likeness (QED) is 0.179. The van der Waals surface area contributed by atoms with Gasteiger partial charge in [0.1, 0.15) is 5.75 Å². The Bertz CT molecular complexity index is 2040. The number of thioether (sulfide) groups is 1. The van der Waals surface area contributed by atoms with Crippen molar-refractivity contribution in [1.29, 1.82) is 0 Å². The Kier molecular flexibility index (Phi) is 7.95. The fraction of sp³-hybridized carbons (Fsp3) is 0.324. The Morgan fingerprint density at radius 3 is 2.39 bits per heavy atom. The van der Waals surface area contributed by atoms with Crippen molar-refractivity contribution in [3.63, 3.8) is 0 Å². The number of aromatic amines is 1. The minimum atomic E-state index is -0.489. The molecular formula is C37H33N3O7S2. The van der Waals surface area contributed by atoms with Crippen LogP contribution in [0.15, 0.2) is 82.6 Å². The molecule has 1 aromatic heterocycles. The Labute approximate surface area is 290 Å². The number of nitrogens with zero attached hydrogens (tertiary/aromatic N) is 1. The van der Waals surface area contributed by atoms with E-state index in [-0.39, 0.29) is 64.7 Å². The van der Waals surface area contributed by atoms with Gasteiger partial charge in [0.15, 0.2) is 6.61 Å². The summed E-state index contributed by atoms with van der Waals surface area (Å²) in [6.45, 7) is 3.75. The highest BCUT2D eigenvalue weighted by Gasteiger charge is 2.69. The normalized spacial score (nSPS) is 26.2. The molecule has 7 atom stereocenters. The van der Waals surface area contributed by atoms with Gasteiger partial charge in [-0.2, -0.15) is 0 Å². The van der Waals surface area contributed by atoms with Crippen LogP contribution in [0.25, 0.3) is 0 Å². The first-order chi connectivity index (χ1) is 23.7. The first-order valence-corrected chi connectivity index (χ1v) is 18.1. The minimum absolute atomic E-state index is 0.00483. The molecule has 2 N–H and O–H groups in total. The summed E-state index contributed by atoms with van der Waals surface area (Å²) in [6.07, 6.45) is 0.739. The minimum Gasteiger partial charge on any atom is -0.483 e. The van der Waals surface area contributed by atoms with Gasteiger partial charge in [-0.05, 0) is 80.5 Å². The number of benzene rings is 3. The van der Waals surface area contributed by atoms with E-state index in [1.54, 1.807) is 43.0 Å². The highest BCUT2D eigenvalue weighted by atomic mass is 32.2. The second-order valence-corrected chi connectivity index (χ2v) is 15.2. The standard InChI is InChI=1S/C37H33N3O7S2/c1-3-46-36(44)19-10-14-21(15-11-19)40-34(42)29-23-16-24(30(29)35(40)43)31-28(23)27(32-33(48-31)39-37(45)49-32)22-6-4-5-7-25(22)47-17-26(41)38-20-12-8-18(2)9-13-20/h4-15,23-24,27-31H,3,16-17H2,1-2H3,(H,38,41)(H,39,45)/t23-,24-,27-,28?,29?,30?,31?/m1/s1. The van der Waals surface area contributed by atoms with E-state index in [4.69, 9.17) is 9.47 Å². The number of hydrogen-bond donors (Lipinski definition) is 2. The van der Waals surface area contributed by atoms with Gasteiger partial charge in [-0.3, -0.25) is 24.1 Å². The molecule has 2 aliphatic heterocycles. The van der Waals surface area contributed by atoms with E-state index in [0.717, 1.165) is 27.5 Å². The molecule has 4 aromatic rings. The molecule has 250 valence electrons. The number of fused-ring (bicyclic) bond motifs is 9. The Balaban J connectivity index is 1.09. The monoisotopic (exact) mass is 695 g/mol. The van der Waals surface area contributed by atoms with E-state index >= 15 is 0 Å². The van der Waals surface area contributed by atoms with Gasteiger partial charge >= 0.3 is 10.8 Å². The molecule has 2 aliphatic carbocycles. The molecule has 8 rings (SSSR count). The van der Waals surface area contributed by atoms with Crippen molar-refractivity contribution in [2.24, 2.45) is 29.6 Å². The molecule has 1 saturated heterocycles. The summed E-state index contributed by atoms with van der Waals surface area (Å²) in [6, 6.07) is 21.5. The third-order valence-electron chi connectivity index (χ3n) is 10.3. The van der Waals surface area contributed by atoms with E-state index in [1.807, 2.05) is 55.5 Å². The van der Waals surface area contributed by atoms with Crippen molar-refractivity contribution < 1.29 is 28.7 Å². The predicted octanol–water partition coefficient (Wildman–Crippen LogP) is 5.62. The van der Waals surface area contributed by atoms with Gasteiger partial charge in [0, 0.05) is 27.3 Å². The molecule has 4 unspecified atom stereocenters. The van der Waals surface area contributed by atoms with Crippen LogP contribution in [0.4, 0.5) is 11.4 Å². The van der Waals surface area contributed by atoms with E-state index < -0.39 is 17.8 Å². The summed E-state index contributed by atoms with van der Waals surface area (Å²) in [5, 5.41) is 3.66. The lowest BCUT2D eigenvalue weighted by atomic mass is 9.68. The number of anilines is 2. The lowest BCUT2D eigenvalue weighted by Gasteiger charge is -2.43. The van der Waals surface area contributed by atoms with Crippen LogP contribution in [0, 0.1) is 36.5 Å². The van der Waals surface area contributed by atoms with Crippen molar-refractivity contribution in [3.05, 3.63) is 104 Å². The van der Waals surface area contributed by atoms with Gasteiger partial charge in [0.05, 0.1) is 34.7 Å². The summed E-state index contributed by atoms with van der Waals surface area (Å²) in [5.74, 6) is -2.05.